The molecule has 4 N–H and O–H groups in total. The van der Waals surface area contributed by atoms with Crippen molar-refractivity contribution in [2.24, 2.45) is 11.7 Å². The Morgan fingerprint density at radius 3 is 2.41 bits per heavy atom. The van der Waals surface area contributed by atoms with E-state index in [9.17, 15) is 4.79 Å². The Kier molecular flexibility index (Phi) is 3.76. The Hall–Kier alpha value is -1.39. The average Bonchev–Trinajstić information content (AvgIpc) is 2.39. The molecular weight excluding hydrogens is 216 g/mol. The lowest BCUT2D eigenvalue weighted by Gasteiger charge is -2.28. The smallest absolute Gasteiger partial charge is 0.335 e. The van der Waals surface area contributed by atoms with Crippen LogP contribution in [0.15, 0.2) is 24.3 Å². The summed E-state index contributed by atoms with van der Waals surface area (Å²) in [6, 6.07) is 6.92. The van der Waals surface area contributed by atoms with E-state index in [-0.39, 0.29) is 6.04 Å². The lowest BCUT2D eigenvalue weighted by atomic mass is 9.86. The molecule has 17 heavy (non-hydrogen) atoms. The third-order valence-electron chi connectivity index (χ3n) is 3.43. The Bertz CT molecular complexity index is 383. The van der Waals surface area contributed by atoms with Crippen molar-refractivity contribution in [2.45, 2.75) is 18.9 Å². The van der Waals surface area contributed by atoms with Gasteiger partial charge in [0.05, 0.1) is 5.56 Å². The first-order chi connectivity index (χ1) is 8.18. The minimum atomic E-state index is -0.896. The van der Waals surface area contributed by atoms with Crippen molar-refractivity contribution in [3.05, 3.63) is 35.4 Å². The first-order valence-electron chi connectivity index (χ1n) is 5.98. The molecule has 0 aliphatic carbocycles. The van der Waals surface area contributed by atoms with Crippen molar-refractivity contribution in [1.82, 2.24) is 5.32 Å². The molecule has 1 aromatic rings. The van der Waals surface area contributed by atoms with E-state index >= 15 is 0 Å². The predicted octanol–water partition coefficient (Wildman–Crippen LogP) is 1.38. The van der Waals surface area contributed by atoms with Crippen LogP contribution in [-0.4, -0.2) is 24.2 Å². The van der Waals surface area contributed by atoms with Gasteiger partial charge in [0.2, 0.25) is 0 Å². The summed E-state index contributed by atoms with van der Waals surface area (Å²) in [6.07, 6.45) is 2.17. The summed E-state index contributed by atoms with van der Waals surface area (Å²) in [7, 11) is 0. The van der Waals surface area contributed by atoms with Crippen LogP contribution in [0, 0.1) is 5.92 Å². The second-order valence-corrected chi connectivity index (χ2v) is 4.54. The van der Waals surface area contributed by atoms with Crippen molar-refractivity contribution in [1.29, 1.82) is 0 Å². The number of carboxylic acid groups (broad SMARTS) is 1. The first kappa shape index (κ1) is 12.1. The van der Waals surface area contributed by atoms with Gasteiger partial charge in [-0.15, -0.1) is 0 Å². The minimum absolute atomic E-state index is 0.0138. The quantitative estimate of drug-likeness (QED) is 0.738. The number of benzene rings is 1. The highest BCUT2D eigenvalue weighted by Gasteiger charge is 2.21. The van der Waals surface area contributed by atoms with Gasteiger partial charge in [0, 0.05) is 6.04 Å². The summed E-state index contributed by atoms with van der Waals surface area (Å²) in [5.41, 5.74) is 7.56. The number of hydrogen-bond acceptors (Lipinski definition) is 3. The van der Waals surface area contributed by atoms with Crippen LogP contribution in [0.1, 0.15) is 34.8 Å². The number of nitrogens with one attached hydrogen (secondary N) is 1. The Labute approximate surface area is 101 Å². The van der Waals surface area contributed by atoms with Crippen LogP contribution in [0.4, 0.5) is 0 Å². The predicted molar refractivity (Wildman–Crippen MR) is 65.9 cm³/mol. The van der Waals surface area contributed by atoms with Crippen LogP contribution < -0.4 is 11.1 Å². The maximum atomic E-state index is 10.7. The molecule has 1 atom stereocenters. The molecule has 1 fully saturated rings. The lowest BCUT2D eigenvalue weighted by Crippen LogP contribution is -2.33. The number of carboxylic acids is 1. The Balaban J connectivity index is 2.07. The SMILES string of the molecule is N[C@@H](c1ccc(C(=O)O)cc1)C1CCNCC1. The number of nitrogens with two attached hydrogens (primary N) is 1. The first-order valence-corrected chi connectivity index (χ1v) is 5.98. The topological polar surface area (TPSA) is 75.4 Å². The third-order valence-corrected chi connectivity index (χ3v) is 3.43. The summed E-state index contributed by atoms with van der Waals surface area (Å²) in [6.45, 7) is 2.04. The fourth-order valence-corrected chi connectivity index (χ4v) is 2.32. The molecule has 1 aliphatic heterocycles. The minimum Gasteiger partial charge on any atom is -0.478 e. The summed E-state index contributed by atoms with van der Waals surface area (Å²) >= 11 is 0. The number of aromatic carboxylic acids is 1. The van der Waals surface area contributed by atoms with Crippen LogP contribution >= 0.6 is 0 Å². The molecule has 0 saturated carbocycles. The van der Waals surface area contributed by atoms with Gasteiger partial charge in [0.25, 0.3) is 0 Å². The molecule has 0 spiro atoms. The van der Waals surface area contributed by atoms with Gasteiger partial charge in [0.15, 0.2) is 0 Å². The van der Waals surface area contributed by atoms with Crippen LogP contribution in [0.25, 0.3) is 0 Å². The zero-order valence-electron chi connectivity index (χ0n) is 9.73. The largest absolute Gasteiger partial charge is 0.478 e. The summed E-state index contributed by atoms with van der Waals surface area (Å²) in [4.78, 5) is 10.7. The van der Waals surface area contributed by atoms with E-state index in [0.717, 1.165) is 31.5 Å². The van der Waals surface area contributed by atoms with Gasteiger partial charge in [-0.25, -0.2) is 4.79 Å². The van der Waals surface area contributed by atoms with Gasteiger partial charge in [-0.3, -0.25) is 0 Å². The zero-order valence-corrected chi connectivity index (χ0v) is 9.73. The second-order valence-electron chi connectivity index (χ2n) is 4.54. The van der Waals surface area contributed by atoms with Gasteiger partial charge < -0.3 is 16.2 Å². The van der Waals surface area contributed by atoms with Crippen molar-refractivity contribution < 1.29 is 9.90 Å². The lowest BCUT2D eigenvalue weighted by molar-refractivity contribution is 0.0697. The van der Waals surface area contributed by atoms with Crippen LogP contribution in [0.3, 0.4) is 0 Å². The van der Waals surface area contributed by atoms with E-state index in [1.54, 1.807) is 12.1 Å². The van der Waals surface area contributed by atoms with Crippen LogP contribution in [-0.2, 0) is 0 Å². The molecule has 0 radical (unpaired) electrons. The molecule has 1 aromatic carbocycles. The maximum absolute atomic E-state index is 10.7. The Morgan fingerprint density at radius 2 is 1.88 bits per heavy atom. The third kappa shape index (κ3) is 2.84. The van der Waals surface area contributed by atoms with Gasteiger partial charge in [-0.2, -0.15) is 0 Å². The van der Waals surface area contributed by atoms with Crippen molar-refractivity contribution >= 4 is 5.97 Å². The monoisotopic (exact) mass is 234 g/mol. The zero-order chi connectivity index (χ0) is 12.3. The average molecular weight is 234 g/mol. The molecule has 0 bridgehead atoms. The number of piperidine rings is 1. The van der Waals surface area contributed by atoms with Gasteiger partial charge in [-0.05, 0) is 49.5 Å². The fraction of sp³-hybridized carbons (Fsp3) is 0.462. The normalized spacial score (nSPS) is 18.9. The van der Waals surface area contributed by atoms with E-state index in [1.165, 1.54) is 0 Å². The molecule has 1 aliphatic rings. The number of hydrogen-bond donors (Lipinski definition) is 3. The van der Waals surface area contributed by atoms with Gasteiger partial charge >= 0.3 is 5.97 Å². The summed E-state index contributed by atoms with van der Waals surface area (Å²) < 4.78 is 0. The van der Waals surface area contributed by atoms with Crippen molar-refractivity contribution in [3.63, 3.8) is 0 Å². The fourth-order valence-electron chi connectivity index (χ4n) is 2.32. The molecule has 4 heteroatoms. The number of rotatable bonds is 3. The molecule has 4 nitrogen and oxygen atoms in total. The van der Waals surface area contributed by atoms with Crippen LogP contribution in [0.5, 0.6) is 0 Å². The summed E-state index contributed by atoms with van der Waals surface area (Å²) in [5.74, 6) is -0.404. The van der Waals surface area contributed by atoms with E-state index in [4.69, 9.17) is 10.8 Å². The van der Waals surface area contributed by atoms with E-state index < -0.39 is 5.97 Å². The van der Waals surface area contributed by atoms with Crippen molar-refractivity contribution in [2.75, 3.05) is 13.1 Å². The molecule has 0 unspecified atom stereocenters. The summed E-state index contributed by atoms with van der Waals surface area (Å²) in [5, 5.41) is 12.1. The van der Waals surface area contributed by atoms with E-state index in [0.29, 0.717) is 11.5 Å². The molecular formula is C13H18N2O2. The number of carbonyl (C=O) groups is 1. The van der Waals surface area contributed by atoms with E-state index in [2.05, 4.69) is 5.32 Å². The standard InChI is InChI=1S/C13H18N2O2/c14-12(10-5-7-15-8-6-10)9-1-3-11(4-2-9)13(16)17/h1-4,10,12,15H,5-8,14H2,(H,16,17)/t12-/m0/s1. The van der Waals surface area contributed by atoms with Crippen molar-refractivity contribution in [3.8, 4) is 0 Å². The molecule has 0 amide bonds. The second kappa shape index (κ2) is 5.29. The van der Waals surface area contributed by atoms with Gasteiger partial charge in [-0.1, -0.05) is 12.1 Å². The molecule has 2 rings (SSSR count). The van der Waals surface area contributed by atoms with E-state index in [1.807, 2.05) is 12.1 Å². The highest BCUT2D eigenvalue weighted by molar-refractivity contribution is 5.87. The Morgan fingerprint density at radius 1 is 1.29 bits per heavy atom. The highest BCUT2D eigenvalue weighted by Crippen LogP contribution is 2.26. The highest BCUT2D eigenvalue weighted by atomic mass is 16.4. The molecule has 1 heterocycles. The molecule has 92 valence electrons. The molecule has 1 saturated heterocycles. The van der Waals surface area contributed by atoms with Gasteiger partial charge in [0.1, 0.15) is 0 Å². The van der Waals surface area contributed by atoms with Crippen LogP contribution in [0.2, 0.25) is 0 Å². The maximum Gasteiger partial charge on any atom is 0.335 e. The molecule has 0 aromatic heterocycles.